The molecule has 0 radical (unpaired) electrons. The van der Waals surface area contributed by atoms with Crippen LogP contribution in [0.3, 0.4) is 0 Å². The summed E-state index contributed by atoms with van der Waals surface area (Å²) in [6.45, 7) is 0.159. The Morgan fingerprint density at radius 3 is 2.39 bits per heavy atom. The van der Waals surface area contributed by atoms with Crippen molar-refractivity contribution >= 4 is 64.1 Å². The molecule has 3 aromatic rings. The Morgan fingerprint density at radius 2 is 1.68 bits per heavy atom. The van der Waals surface area contributed by atoms with Gasteiger partial charge in [-0.3, -0.25) is 4.79 Å². The molecule has 0 aromatic heterocycles. The van der Waals surface area contributed by atoms with E-state index in [1.165, 1.54) is 6.08 Å². The second-order valence-corrected chi connectivity index (χ2v) is 8.00. The van der Waals surface area contributed by atoms with E-state index in [-0.39, 0.29) is 12.2 Å². The van der Waals surface area contributed by atoms with Crippen LogP contribution in [0.5, 0.6) is 5.75 Å². The predicted octanol–water partition coefficient (Wildman–Crippen LogP) is 7.42. The van der Waals surface area contributed by atoms with E-state index >= 15 is 0 Å². The summed E-state index contributed by atoms with van der Waals surface area (Å²) in [4.78, 5) is 12.6. The van der Waals surface area contributed by atoms with Gasteiger partial charge < -0.3 is 10.1 Å². The molecule has 0 spiro atoms. The van der Waals surface area contributed by atoms with Gasteiger partial charge in [-0.1, -0.05) is 64.6 Å². The van der Waals surface area contributed by atoms with Crippen molar-refractivity contribution in [2.24, 2.45) is 0 Å². The van der Waals surface area contributed by atoms with Gasteiger partial charge in [-0.2, -0.15) is 5.26 Å². The monoisotopic (exact) mass is 490 g/mol. The summed E-state index contributed by atoms with van der Waals surface area (Å²) in [6, 6.07) is 18.6. The lowest BCUT2D eigenvalue weighted by Gasteiger charge is -2.12. The van der Waals surface area contributed by atoms with Gasteiger partial charge in [0.15, 0.2) is 0 Å². The Morgan fingerprint density at radius 1 is 0.968 bits per heavy atom. The highest BCUT2D eigenvalue weighted by Gasteiger charge is 2.14. The van der Waals surface area contributed by atoms with Crippen molar-refractivity contribution in [2.45, 2.75) is 6.61 Å². The molecule has 0 saturated heterocycles. The number of anilines is 1. The molecule has 0 heterocycles. The lowest BCUT2D eigenvalue weighted by molar-refractivity contribution is -0.112. The minimum atomic E-state index is -0.609. The molecule has 0 aliphatic carbocycles. The van der Waals surface area contributed by atoms with Crippen LogP contribution in [-0.4, -0.2) is 5.91 Å². The third-order valence-corrected chi connectivity index (χ3v) is 5.31. The number of nitriles is 1. The second kappa shape index (κ2) is 10.6. The number of nitrogens with one attached hydrogen (secondary N) is 1. The van der Waals surface area contributed by atoms with Crippen molar-refractivity contribution in [1.82, 2.24) is 0 Å². The largest absolute Gasteiger partial charge is 0.488 e. The van der Waals surface area contributed by atoms with Crippen LogP contribution in [0.25, 0.3) is 6.08 Å². The fourth-order valence-corrected chi connectivity index (χ4v) is 3.44. The van der Waals surface area contributed by atoms with Crippen LogP contribution in [-0.2, 0) is 11.4 Å². The molecular formula is C23H14Cl4N2O2. The summed E-state index contributed by atoms with van der Waals surface area (Å²) >= 11 is 24.3. The van der Waals surface area contributed by atoms with Crippen molar-refractivity contribution in [3.05, 3.63) is 97.5 Å². The molecule has 0 fully saturated rings. The topological polar surface area (TPSA) is 62.1 Å². The predicted molar refractivity (Wildman–Crippen MR) is 126 cm³/mol. The maximum absolute atomic E-state index is 12.6. The summed E-state index contributed by atoms with van der Waals surface area (Å²) < 4.78 is 5.87. The van der Waals surface area contributed by atoms with E-state index in [9.17, 15) is 10.1 Å². The van der Waals surface area contributed by atoms with Gasteiger partial charge in [0.05, 0.1) is 10.7 Å². The number of carbonyl (C=O) groups excluding carboxylic acids is 1. The maximum Gasteiger partial charge on any atom is 0.266 e. The van der Waals surface area contributed by atoms with E-state index < -0.39 is 5.91 Å². The highest BCUT2D eigenvalue weighted by molar-refractivity contribution is 6.35. The van der Waals surface area contributed by atoms with E-state index in [1.807, 2.05) is 6.07 Å². The molecule has 156 valence electrons. The smallest absolute Gasteiger partial charge is 0.266 e. The summed E-state index contributed by atoms with van der Waals surface area (Å²) in [5, 5.41) is 13.9. The van der Waals surface area contributed by atoms with Gasteiger partial charge in [-0.15, -0.1) is 0 Å². The molecule has 0 unspecified atom stereocenters. The third kappa shape index (κ3) is 6.16. The Labute approximate surface area is 199 Å². The molecule has 1 N–H and O–H groups in total. The number of ether oxygens (including phenoxy) is 1. The highest BCUT2D eigenvalue weighted by Crippen LogP contribution is 2.28. The van der Waals surface area contributed by atoms with E-state index in [0.717, 1.165) is 5.56 Å². The van der Waals surface area contributed by atoms with Crippen LogP contribution >= 0.6 is 46.4 Å². The fraction of sp³-hybridized carbons (Fsp3) is 0.0435. The summed E-state index contributed by atoms with van der Waals surface area (Å²) in [5.41, 5.74) is 1.45. The standard InChI is InChI=1S/C23H14Cl4N2O2/c24-17-7-8-22(31-13-14-5-6-18(25)11-20(14)27)15(10-17)9-16(12-28)23(30)29-21-4-2-1-3-19(21)26/h1-11H,13H2,(H,29,30)/b16-9+. The quantitative estimate of drug-likeness (QED) is 0.288. The van der Waals surface area contributed by atoms with Gasteiger partial charge in [0, 0.05) is 26.2 Å². The first-order valence-electron chi connectivity index (χ1n) is 8.91. The number of rotatable bonds is 6. The Bertz CT molecular complexity index is 1200. The Balaban J connectivity index is 1.85. The van der Waals surface area contributed by atoms with Crippen LogP contribution in [0.1, 0.15) is 11.1 Å². The number of benzene rings is 3. The van der Waals surface area contributed by atoms with E-state index in [0.29, 0.717) is 37.1 Å². The normalized spacial score (nSPS) is 11.0. The molecule has 3 aromatic carbocycles. The van der Waals surface area contributed by atoms with Crippen LogP contribution in [0.15, 0.2) is 66.2 Å². The van der Waals surface area contributed by atoms with Crippen LogP contribution < -0.4 is 10.1 Å². The molecule has 8 heteroatoms. The minimum Gasteiger partial charge on any atom is -0.488 e. The van der Waals surface area contributed by atoms with Gasteiger partial charge in [0.1, 0.15) is 24.0 Å². The zero-order valence-corrected chi connectivity index (χ0v) is 18.9. The third-order valence-electron chi connectivity index (χ3n) is 4.16. The summed E-state index contributed by atoms with van der Waals surface area (Å²) in [7, 11) is 0. The SMILES string of the molecule is N#C/C(=C\c1cc(Cl)ccc1OCc1ccc(Cl)cc1Cl)C(=O)Nc1ccccc1Cl. The molecule has 31 heavy (non-hydrogen) atoms. The zero-order valence-electron chi connectivity index (χ0n) is 15.8. The molecule has 0 saturated carbocycles. The summed E-state index contributed by atoms with van der Waals surface area (Å²) in [5.74, 6) is -0.184. The molecule has 1 amide bonds. The number of nitrogens with zero attached hydrogens (tertiary/aromatic N) is 1. The van der Waals surface area contributed by atoms with Gasteiger partial charge in [0.2, 0.25) is 0 Å². The van der Waals surface area contributed by atoms with Crippen molar-refractivity contribution in [1.29, 1.82) is 5.26 Å². The van der Waals surface area contributed by atoms with Crippen molar-refractivity contribution < 1.29 is 9.53 Å². The van der Waals surface area contributed by atoms with Crippen LogP contribution in [0, 0.1) is 11.3 Å². The van der Waals surface area contributed by atoms with Crippen molar-refractivity contribution in [3.63, 3.8) is 0 Å². The summed E-state index contributed by atoms with van der Waals surface area (Å²) in [6.07, 6.45) is 1.40. The first kappa shape index (κ1) is 23.0. The maximum atomic E-state index is 12.6. The van der Waals surface area contributed by atoms with E-state index in [1.54, 1.807) is 60.7 Å². The zero-order chi connectivity index (χ0) is 22.4. The average Bonchev–Trinajstić information content (AvgIpc) is 2.74. The number of hydrogen-bond acceptors (Lipinski definition) is 3. The first-order chi connectivity index (χ1) is 14.9. The van der Waals surface area contributed by atoms with Gasteiger partial charge in [0.25, 0.3) is 5.91 Å². The number of para-hydroxylation sites is 1. The molecule has 0 bridgehead atoms. The van der Waals surface area contributed by atoms with Gasteiger partial charge in [-0.25, -0.2) is 0 Å². The van der Waals surface area contributed by atoms with Crippen LogP contribution in [0.4, 0.5) is 5.69 Å². The molecule has 0 aliphatic heterocycles. The Kier molecular flexibility index (Phi) is 7.84. The number of halogens is 4. The number of carbonyl (C=O) groups is 1. The highest BCUT2D eigenvalue weighted by atomic mass is 35.5. The lowest BCUT2D eigenvalue weighted by Crippen LogP contribution is -2.13. The molecular weight excluding hydrogens is 478 g/mol. The fourth-order valence-electron chi connectivity index (χ4n) is 2.61. The first-order valence-corrected chi connectivity index (χ1v) is 10.4. The van der Waals surface area contributed by atoms with E-state index in [2.05, 4.69) is 5.32 Å². The molecule has 0 aliphatic rings. The van der Waals surface area contributed by atoms with Gasteiger partial charge in [-0.05, 0) is 48.5 Å². The molecule has 3 rings (SSSR count). The Hall–Kier alpha value is -2.68. The minimum absolute atomic E-state index is 0.142. The van der Waals surface area contributed by atoms with Crippen molar-refractivity contribution in [2.75, 3.05) is 5.32 Å². The molecule has 0 atom stereocenters. The van der Waals surface area contributed by atoms with E-state index in [4.69, 9.17) is 51.1 Å². The average molecular weight is 492 g/mol. The van der Waals surface area contributed by atoms with Crippen LogP contribution in [0.2, 0.25) is 20.1 Å². The van der Waals surface area contributed by atoms with Gasteiger partial charge >= 0.3 is 0 Å². The van der Waals surface area contributed by atoms with Crippen molar-refractivity contribution in [3.8, 4) is 11.8 Å². The molecule has 4 nitrogen and oxygen atoms in total. The number of amides is 1. The second-order valence-electron chi connectivity index (χ2n) is 6.31. The number of hydrogen-bond donors (Lipinski definition) is 1. The lowest BCUT2D eigenvalue weighted by atomic mass is 10.1.